The summed E-state index contributed by atoms with van der Waals surface area (Å²) in [6.07, 6.45) is 1.51. The molecule has 2 amide bonds. The maximum Gasteiger partial charge on any atom is 0.262 e. The van der Waals surface area contributed by atoms with Crippen molar-refractivity contribution in [3.05, 3.63) is 87.4 Å². The number of carbonyl (C=O) groups excluding carboxylic acids is 2. The molecule has 0 spiro atoms. The van der Waals surface area contributed by atoms with E-state index in [1.807, 2.05) is 19.9 Å². The lowest BCUT2D eigenvalue weighted by atomic mass is 10.0. The number of nitrogens with one attached hydrogen (secondary N) is 2. The van der Waals surface area contributed by atoms with Crippen LogP contribution in [0.2, 0.25) is 10.0 Å². The van der Waals surface area contributed by atoms with Gasteiger partial charge >= 0.3 is 0 Å². The first-order valence-corrected chi connectivity index (χ1v) is 12.3. The van der Waals surface area contributed by atoms with Crippen molar-refractivity contribution in [3.63, 3.8) is 0 Å². The summed E-state index contributed by atoms with van der Waals surface area (Å²) >= 11 is 12.1. The zero-order valence-corrected chi connectivity index (χ0v) is 21.7. The number of carbonyl (C=O) groups is 2. The molecule has 37 heavy (non-hydrogen) atoms. The number of hydrogen-bond donors (Lipinski definition) is 2. The van der Waals surface area contributed by atoms with Gasteiger partial charge in [-0.05, 0) is 66.1 Å². The Balaban J connectivity index is 1.30. The number of ether oxygens (including phenoxy) is 3. The van der Waals surface area contributed by atoms with Gasteiger partial charge < -0.3 is 19.5 Å². The van der Waals surface area contributed by atoms with Crippen LogP contribution in [-0.2, 0) is 11.4 Å². The minimum atomic E-state index is -0.787. The molecule has 3 aromatic rings. The van der Waals surface area contributed by atoms with Gasteiger partial charge in [0.1, 0.15) is 18.4 Å². The van der Waals surface area contributed by atoms with Gasteiger partial charge in [0.05, 0.1) is 6.21 Å². The topological polar surface area (TPSA) is 98.2 Å². The maximum atomic E-state index is 12.7. The molecule has 10 heteroatoms. The molecule has 0 fully saturated rings. The summed E-state index contributed by atoms with van der Waals surface area (Å²) in [5.74, 6) is 0.728. The van der Waals surface area contributed by atoms with E-state index in [1.165, 1.54) is 6.21 Å². The highest BCUT2D eigenvalue weighted by molar-refractivity contribution is 6.35. The van der Waals surface area contributed by atoms with Gasteiger partial charge in [-0.1, -0.05) is 43.1 Å². The Bertz CT molecular complexity index is 1310. The molecule has 192 valence electrons. The molecule has 0 radical (unpaired) electrons. The summed E-state index contributed by atoms with van der Waals surface area (Å²) in [7, 11) is 0. The normalized spacial score (nSPS) is 13.0. The van der Waals surface area contributed by atoms with Crippen LogP contribution < -0.4 is 25.0 Å². The minimum absolute atomic E-state index is 0.115. The van der Waals surface area contributed by atoms with Gasteiger partial charge in [0.2, 0.25) is 6.79 Å². The molecular weight excluding hydrogens is 517 g/mol. The number of hydrogen-bond acceptors (Lipinski definition) is 6. The van der Waals surface area contributed by atoms with Crippen molar-refractivity contribution in [2.24, 2.45) is 11.0 Å². The Labute approximate surface area is 224 Å². The number of benzene rings is 3. The fourth-order valence-electron chi connectivity index (χ4n) is 3.49. The maximum absolute atomic E-state index is 12.7. The Morgan fingerprint density at radius 1 is 1.03 bits per heavy atom. The van der Waals surface area contributed by atoms with E-state index in [1.54, 1.807) is 54.6 Å². The summed E-state index contributed by atoms with van der Waals surface area (Å²) in [6, 6.07) is 16.5. The van der Waals surface area contributed by atoms with Crippen LogP contribution in [0.4, 0.5) is 0 Å². The van der Waals surface area contributed by atoms with Crippen LogP contribution in [0.3, 0.4) is 0 Å². The van der Waals surface area contributed by atoms with Gasteiger partial charge in [-0.2, -0.15) is 5.10 Å². The predicted octanol–water partition coefficient (Wildman–Crippen LogP) is 5.21. The molecule has 4 rings (SSSR count). The molecule has 3 aromatic carbocycles. The second-order valence-electron chi connectivity index (χ2n) is 8.59. The molecule has 1 aliphatic rings. The van der Waals surface area contributed by atoms with E-state index < -0.39 is 17.9 Å². The van der Waals surface area contributed by atoms with Crippen LogP contribution in [0.1, 0.15) is 35.3 Å². The fraction of sp³-hybridized carbons (Fsp3) is 0.222. The number of amides is 2. The van der Waals surface area contributed by atoms with Gasteiger partial charge in [0.15, 0.2) is 11.5 Å². The van der Waals surface area contributed by atoms with Crippen LogP contribution in [0.25, 0.3) is 0 Å². The van der Waals surface area contributed by atoms with Gasteiger partial charge in [0, 0.05) is 21.2 Å². The highest BCUT2D eigenvalue weighted by Gasteiger charge is 2.25. The van der Waals surface area contributed by atoms with E-state index in [0.29, 0.717) is 39.5 Å². The predicted molar refractivity (Wildman–Crippen MR) is 142 cm³/mol. The quantitative estimate of drug-likeness (QED) is 0.286. The largest absolute Gasteiger partial charge is 0.489 e. The SMILES string of the molecule is CC(C)C(NC(=O)c1ccc2c(c1)OCO2)C(=O)N/N=C/c1ccc(OCc2ccc(Cl)cc2Cl)cc1. The van der Waals surface area contributed by atoms with Crippen LogP contribution in [-0.4, -0.2) is 30.9 Å². The van der Waals surface area contributed by atoms with E-state index in [4.69, 9.17) is 37.4 Å². The molecule has 0 aromatic heterocycles. The van der Waals surface area contributed by atoms with E-state index in [2.05, 4.69) is 15.8 Å². The lowest BCUT2D eigenvalue weighted by Gasteiger charge is -2.20. The minimum Gasteiger partial charge on any atom is -0.489 e. The summed E-state index contributed by atoms with van der Waals surface area (Å²) in [5.41, 5.74) is 4.44. The smallest absolute Gasteiger partial charge is 0.262 e. The standard InChI is InChI=1S/C27H25Cl2N3O5/c1-16(2)25(31-26(33)18-6-10-23-24(11-18)37-15-36-23)27(34)32-30-13-17-3-8-21(9-4-17)35-14-19-5-7-20(28)12-22(19)29/h3-13,16,25H,14-15H2,1-2H3,(H,31,33)(H,32,34)/b30-13+. The van der Waals surface area contributed by atoms with Crippen molar-refractivity contribution < 1.29 is 23.8 Å². The van der Waals surface area contributed by atoms with E-state index in [0.717, 1.165) is 11.1 Å². The molecule has 8 nitrogen and oxygen atoms in total. The molecule has 2 N–H and O–H groups in total. The van der Waals surface area contributed by atoms with Crippen LogP contribution in [0, 0.1) is 5.92 Å². The number of hydrazone groups is 1. The number of fused-ring (bicyclic) bond motifs is 1. The number of nitrogens with zero attached hydrogens (tertiary/aromatic N) is 1. The fourth-order valence-corrected chi connectivity index (χ4v) is 3.95. The third kappa shape index (κ3) is 6.93. The molecule has 1 heterocycles. The van der Waals surface area contributed by atoms with Crippen LogP contribution in [0.5, 0.6) is 17.2 Å². The van der Waals surface area contributed by atoms with Gasteiger partial charge in [-0.25, -0.2) is 5.43 Å². The third-order valence-corrected chi connectivity index (χ3v) is 6.14. The van der Waals surface area contributed by atoms with Gasteiger partial charge in [0.25, 0.3) is 11.8 Å². The summed E-state index contributed by atoms with van der Waals surface area (Å²) in [4.78, 5) is 25.4. The second-order valence-corrected chi connectivity index (χ2v) is 9.43. The summed E-state index contributed by atoms with van der Waals surface area (Å²) < 4.78 is 16.4. The first-order chi connectivity index (χ1) is 17.8. The highest BCUT2D eigenvalue weighted by Crippen LogP contribution is 2.32. The Hall–Kier alpha value is -3.75. The van der Waals surface area contributed by atoms with Crippen LogP contribution in [0.15, 0.2) is 65.8 Å². The summed E-state index contributed by atoms with van der Waals surface area (Å²) in [5, 5.41) is 7.90. The molecule has 1 aliphatic heterocycles. The number of halogens is 2. The average molecular weight is 542 g/mol. The van der Waals surface area contributed by atoms with Crippen molar-refractivity contribution in [2.75, 3.05) is 6.79 Å². The van der Waals surface area contributed by atoms with Gasteiger partial charge in [-0.15, -0.1) is 0 Å². The first kappa shape index (κ1) is 26.3. The molecule has 0 bridgehead atoms. The van der Waals surface area contributed by atoms with Crippen molar-refractivity contribution in [2.45, 2.75) is 26.5 Å². The molecule has 1 atom stereocenters. The van der Waals surface area contributed by atoms with Crippen molar-refractivity contribution >= 4 is 41.2 Å². The molecule has 1 unspecified atom stereocenters. The Morgan fingerprint density at radius 3 is 2.51 bits per heavy atom. The second kappa shape index (κ2) is 12.0. The zero-order chi connectivity index (χ0) is 26.4. The lowest BCUT2D eigenvalue weighted by molar-refractivity contribution is -0.123. The summed E-state index contributed by atoms with van der Waals surface area (Å²) in [6.45, 7) is 4.09. The Kier molecular flexibility index (Phi) is 8.53. The molecule has 0 saturated carbocycles. The third-order valence-electron chi connectivity index (χ3n) is 5.55. The van der Waals surface area contributed by atoms with E-state index in [9.17, 15) is 9.59 Å². The average Bonchev–Trinajstić information content (AvgIpc) is 3.35. The first-order valence-electron chi connectivity index (χ1n) is 11.5. The van der Waals surface area contributed by atoms with Gasteiger partial charge in [-0.3, -0.25) is 9.59 Å². The van der Waals surface area contributed by atoms with Crippen molar-refractivity contribution in [3.8, 4) is 17.2 Å². The van der Waals surface area contributed by atoms with Crippen LogP contribution >= 0.6 is 23.2 Å². The molecular formula is C27H25Cl2N3O5. The highest BCUT2D eigenvalue weighted by atomic mass is 35.5. The monoisotopic (exact) mass is 541 g/mol. The lowest BCUT2D eigenvalue weighted by Crippen LogP contribution is -2.48. The van der Waals surface area contributed by atoms with E-state index >= 15 is 0 Å². The number of rotatable bonds is 9. The zero-order valence-electron chi connectivity index (χ0n) is 20.2. The molecule has 0 aliphatic carbocycles. The van der Waals surface area contributed by atoms with Crippen molar-refractivity contribution in [1.29, 1.82) is 0 Å². The molecule has 0 saturated heterocycles. The Morgan fingerprint density at radius 2 is 1.78 bits per heavy atom. The van der Waals surface area contributed by atoms with Crippen molar-refractivity contribution in [1.82, 2.24) is 10.7 Å². The van der Waals surface area contributed by atoms with E-state index in [-0.39, 0.29) is 12.7 Å².